The summed E-state index contributed by atoms with van der Waals surface area (Å²) in [5.41, 5.74) is 2.94. The number of anilines is 1. The quantitative estimate of drug-likeness (QED) is 0.837. The van der Waals surface area contributed by atoms with Gasteiger partial charge in [-0.25, -0.2) is 0 Å². The van der Waals surface area contributed by atoms with Crippen molar-refractivity contribution in [3.05, 3.63) is 35.2 Å². The van der Waals surface area contributed by atoms with Gasteiger partial charge in [0, 0.05) is 30.5 Å². The van der Waals surface area contributed by atoms with E-state index < -0.39 is 0 Å². The summed E-state index contributed by atoms with van der Waals surface area (Å²) in [6.07, 6.45) is 2.32. The molecule has 0 spiro atoms. The monoisotopic (exact) mass is 332 g/mol. The van der Waals surface area contributed by atoms with Crippen molar-refractivity contribution in [3.8, 4) is 11.5 Å². The van der Waals surface area contributed by atoms with Crippen LogP contribution in [-0.2, 0) is 11.3 Å². The third kappa shape index (κ3) is 3.82. The fourth-order valence-electron chi connectivity index (χ4n) is 2.80. The van der Waals surface area contributed by atoms with E-state index in [1.807, 2.05) is 32.0 Å². The van der Waals surface area contributed by atoms with Crippen LogP contribution in [0.4, 0.5) is 5.69 Å². The highest BCUT2D eigenvalue weighted by Gasteiger charge is 2.17. The first-order valence-electron chi connectivity index (χ1n) is 8.25. The lowest BCUT2D eigenvalue weighted by Gasteiger charge is -2.15. The largest absolute Gasteiger partial charge is 0.493 e. The number of nitrogens with zero attached hydrogens (tertiary/aromatic N) is 1. The van der Waals surface area contributed by atoms with Gasteiger partial charge in [0.2, 0.25) is 0 Å². The molecule has 1 aromatic heterocycles. The SMILES string of the molecule is COc1ccc(NCc2c(C)noc2C)cc1OC[C@@H]1CCCO1. The highest BCUT2D eigenvalue weighted by Crippen LogP contribution is 2.31. The van der Waals surface area contributed by atoms with Crippen molar-refractivity contribution in [2.24, 2.45) is 0 Å². The molecule has 1 aromatic carbocycles. The molecule has 3 rings (SSSR count). The van der Waals surface area contributed by atoms with Crippen molar-refractivity contribution < 1.29 is 18.7 Å². The van der Waals surface area contributed by atoms with Crippen LogP contribution in [0.5, 0.6) is 11.5 Å². The summed E-state index contributed by atoms with van der Waals surface area (Å²) in [6.45, 7) is 5.88. The van der Waals surface area contributed by atoms with Crippen LogP contribution in [-0.4, -0.2) is 31.6 Å². The minimum absolute atomic E-state index is 0.175. The summed E-state index contributed by atoms with van der Waals surface area (Å²) < 4.78 is 22.1. The van der Waals surface area contributed by atoms with Crippen LogP contribution >= 0.6 is 0 Å². The molecular formula is C18H24N2O4. The second-order valence-electron chi connectivity index (χ2n) is 5.97. The zero-order valence-corrected chi connectivity index (χ0v) is 14.4. The number of aryl methyl sites for hydroxylation is 2. The lowest BCUT2D eigenvalue weighted by Crippen LogP contribution is -2.16. The van der Waals surface area contributed by atoms with Gasteiger partial charge in [-0.05, 0) is 38.8 Å². The van der Waals surface area contributed by atoms with Crippen LogP contribution in [0.3, 0.4) is 0 Å². The van der Waals surface area contributed by atoms with E-state index in [2.05, 4.69) is 10.5 Å². The second-order valence-corrected chi connectivity index (χ2v) is 5.97. The standard InChI is InChI=1S/C18H24N2O4/c1-12-16(13(2)24-20-12)10-19-14-6-7-17(21-3)18(9-14)23-11-15-5-4-8-22-15/h6-7,9,15,19H,4-5,8,10-11H2,1-3H3/t15-/m0/s1. The van der Waals surface area contributed by atoms with Gasteiger partial charge in [0.15, 0.2) is 11.5 Å². The molecule has 1 aliphatic rings. The zero-order valence-electron chi connectivity index (χ0n) is 14.4. The Kier molecular flexibility index (Phi) is 5.25. The Morgan fingerprint density at radius 2 is 2.17 bits per heavy atom. The van der Waals surface area contributed by atoms with Crippen LogP contribution in [0.15, 0.2) is 22.7 Å². The van der Waals surface area contributed by atoms with Crippen LogP contribution in [0.2, 0.25) is 0 Å². The van der Waals surface area contributed by atoms with E-state index in [9.17, 15) is 0 Å². The molecule has 1 fully saturated rings. The van der Waals surface area contributed by atoms with Crippen LogP contribution in [0.25, 0.3) is 0 Å². The molecule has 0 unspecified atom stereocenters. The normalized spacial score (nSPS) is 17.0. The average Bonchev–Trinajstić information content (AvgIpc) is 3.22. The molecule has 2 aromatic rings. The van der Waals surface area contributed by atoms with Gasteiger partial charge in [-0.2, -0.15) is 0 Å². The van der Waals surface area contributed by atoms with Crippen LogP contribution in [0.1, 0.15) is 29.9 Å². The zero-order chi connectivity index (χ0) is 16.9. The predicted octanol–water partition coefficient (Wildman–Crippen LogP) is 3.47. The highest BCUT2D eigenvalue weighted by molar-refractivity contribution is 5.55. The van der Waals surface area contributed by atoms with E-state index in [-0.39, 0.29) is 6.10 Å². The van der Waals surface area contributed by atoms with Crippen LogP contribution < -0.4 is 14.8 Å². The van der Waals surface area contributed by atoms with Gasteiger partial charge in [0.25, 0.3) is 0 Å². The number of methoxy groups -OCH3 is 1. The topological polar surface area (TPSA) is 65.8 Å². The fourth-order valence-corrected chi connectivity index (χ4v) is 2.80. The van der Waals surface area contributed by atoms with Crippen molar-refractivity contribution in [3.63, 3.8) is 0 Å². The van der Waals surface area contributed by atoms with E-state index in [4.69, 9.17) is 18.7 Å². The van der Waals surface area contributed by atoms with Crippen LogP contribution in [0, 0.1) is 13.8 Å². The van der Waals surface area contributed by atoms with E-state index >= 15 is 0 Å². The Labute approximate surface area is 142 Å². The van der Waals surface area contributed by atoms with E-state index in [0.717, 1.165) is 53.7 Å². The van der Waals surface area contributed by atoms with Gasteiger partial charge in [-0.3, -0.25) is 0 Å². The number of benzene rings is 1. The van der Waals surface area contributed by atoms with Gasteiger partial charge >= 0.3 is 0 Å². The minimum atomic E-state index is 0.175. The number of aromatic nitrogens is 1. The Morgan fingerprint density at radius 3 is 2.83 bits per heavy atom. The maximum Gasteiger partial charge on any atom is 0.163 e. The first-order chi connectivity index (χ1) is 11.7. The molecule has 0 aliphatic carbocycles. The van der Waals surface area contributed by atoms with Crippen molar-refractivity contribution >= 4 is 5.69 Å². The third-order valence-corrected chi connectivity index (χ3v) is 4.26. The van der Waals surface area contributed by atoms with Crippen molar-refractivity contribution in [1.29, 1.82) is 0 Å². The summed E-state index contributed by atoms with van der Waals surface area (Å²) in [6, 6.07) is 5.82. The molecule has 6 heteroatoms. The molecule has 0 amide bonds. The van der Waals surface area contributed by atoms with Gasteiger partial charge in [0.1, 0.15) is 12.4 Å². The molecule has 2 heterocycles. The number of ether oxygens (including phenoxy) is 3. The molecule has 1 N–H and O–H groups in total. The third-order valence-electron chi connectivity index (χ3n) is 4.26. The maximum absolute atomic E-state index is 5.92. The molecule has 6 nitrogen and oxygen atoms in total. The summed E-state index contributed by atoms with van der Waals surface area (Å²) in [4.78, 5) is 0. The molecule has 1 aliphatic heterocycles. The molecular weight excluding hydrogens is 308 g/mol. The first-order valence-corrected chi connectivity index (χ1v) is 8.25. The fraction of sp³-hybridized carbons (Fsp3) is 0.500. The smallest absolute Gasteiger partial charge is 0.163 e. The van der Waals surface area contributed by atoms with Gasteiger partial charge in [0.05, 0.1) is 18.9 Å². The molecule has 1 saturated heterocycles. The Bertz CT molecular complexity index is 658. The van der Waals surface area contributed by atoms with Gasteiger partial charge < -0.3 is 24.1 Å². The molecule has 24 heavy (non-hydrogen) atoms. The van der Waals surface area contributed by atoms with Gasteiger partial charge in [-0.15, -0.1) is 0 Å². The van der Waals surface area contributed by atoms with Crippen molar-refractivity contribution in [2.75, 3.05) is 25.6 Å². The van der Waals surface area contributed by atoms with E-state index in [1.165, 1.54) is 0 Å². The summed E-state index contributed by atoms with van der Waals surface area (Å²) >= 11 is 0. The van der Waals surface area contributed by atoms with Crippen molar-refractivity contribution in [2.45, 2.75) is 39.3 Å². The summed E-state index contributed by atoms with van der Waals surface area (Å²) in [5, 5.41) is 7.35. The Morgan fingerprint density at radius 1 is 1.29 bits per heavy atom. The maximum atomic E-state index is 5.92. The molecule has 130 valence electrons. The predicted molar refractivity (Wildman–Crippen MR) is 90.8 cm³/mol. The molecule has 0 saturated carbocycles. The Balaban J connectivity index is 1.66. The number of rotatable bonds is 7. The summed E-state index contributed by atoms with van der Waals surface area (Å²) in [5.74, 6) is 2.27. The second kappa shape index (κ2) is 7.57. The lowest BCUT2D eigenvalue weighted by molar-refractivity contribution is 0.0670. The highest BCUT2D eigenvalue weighted by atomic mass is 16.5. The molecule has 0 bridgehead atoms. The minimum Gasteiger partial charge on any atom is -0.493 e. The average molecular weight is 332 g/mol. The number of hydrogen-bond donors (Lipinski definition) is 1. The summed E-state index contributed by atoms with van der Waals surface area (Å²) in [7, 11) is 1.64. The number of nitrogens with one attached hydrogen (secondary N) is 1. The first kappa shape index (κ1) is 16.6. The van der Waals surface area contributed by atoms with E-state index in [1.54, 1.807) is 7.11 Å². The Hall–Kier alpha value is -2.21. The van der Waals surface area contributed by atoms with Gasteiger partial charge in [-0.1, -0.05) is 5.16 Å². The van der Waals surface area contributed by atoms with Crippen molar-refractivity contribution in [1.82, 2.24) is 5.16 Å². The number of hydrogen-bond acceptors (Lipinski definition) is 6. The van der Waals surface area contributed by atoms with E-state index in [0.29, 0.717) is 13.2 Å². The molecule has 1 atom stereocenters. The lowest BCUT2D eigenvalue weighted by atomic mass is 10.2. The molecule has 0 radical (unpaired) electrons.